The van der Waals surface area contributed by atoms with Crippen LogP contribution in [0.2, 0.25) is 0 Å². The van der Waals surface area contributed by atoms with Crippen molar-refractivity contribution in [1.29, 1.82) is 0 Å². The zero-order valence-electron chi connectivity index (χ0n) is 17.8. The van der Waals surface area contributed by atoms with Crippen LogP contribution in [0.15, 0.2) is 42.5 Å². The summed E-state index contributed by atoms with van der Waals surface area (Å²) < 4.78 is 13.2. The molecule has 0 unspecified atom stereocenters. The summed E-state index contributed by atoms with van der Waals surface area (Å²) in [6.45, 7) is 8.21. The quantitative estimate of drug-likeness (QED) is 0.716. The molecule has 156 valence electrons. The van der Waals surface area contributed by atoms with Crippen molar-refractivity contribution in [1.82, 2.24) is 4.90 Å². The van der Waals surface area contributed by atoms with Gasteiger partial charge < -0.3 is 15.5 Å². The van der Waals surface area contributed by atoms with Crippen LogP contribution in [0.25, 0.3) is 0 Å². The number of likely N-dealkylation sites (N-methyl/N-ethyl adjacent to an activating group) is 1. The van der Waals surface area contributed by atoms with E-state index in [4.69, 9.17) is 0 Å². The van der Waals surface area contributed by atoms with Crippen LogP contribution < -0.4 is 10.6 Å². The lowest BCUT2D eigenvalue weighted by Crippen LogP contribution is -2.88. The Morgan fingerprint density at radius 2 is 1.66 bits per heavy atom. The van der Waals surface area contributed by atoms with Crippen molar-refractivity contribution in [2.24, 2.45) is 5.92 Å². The van der Waals surface area contributed by atoms with Gasteiger partial charge in [0, 0.05) is 24.2 Å². The van der Waals surface area contributed by atoms with Crippen molar-refractivity contribution >= 4 is 17.5 Å². The summed E-state index contributed by atoms with van der Waals surface area (Å²) in [5.41, 5.74) is 3.74. The highest BCUT2D eigenvalue weighted by molar-refractivity contribution is 5.95. The van der Waals surface area contributed by atoms with E-state index in [1.54, 1.807) is 19.2 Å². The molecule has 0 radical (unpaired) electrons. The molecular formula is C23H31FN3O2+. The largest absolute Gasteiger partial charge is 0.332 e. The lowest BCUT2D eigenvalue weighted by molar-refractivity contribution is -0.692. The van der Waals surface area contributed by atoms with E-state index in [0.29, 0.717) is 0 Å². The molecule has 0 aliphatic carbocycles. The number of nitrogens with two attached hydrogens (primary N) is 1. The van der Waals surface area contributed by atoms with Gasteiger partial charge in [-0.3, -0.25) is 9.59 Å². The summed E-state index contributed by atoms with van der Waals surface area (Å²) in [4.78, 5) is 26.3. The minimum Gasteiger partial charge on any atom is -0.332 e. The number of hydrogen-bond acceptors (Lipinski definition) is 2. The highest BCUT2D eigenvalue weighted by Gasteiger charge is 2.22. The third-order valence-corrected chi connectivity index (χ3v) is 5.07. The third kappa shape index (κ3) is 6.39. The zero-order valence-corrected chi connectivity index (χ0v) is 17.8. The number of nitrogens with one attached hydrogen (secondary N) is 1. The van der Waals surface area contributed by atoms with E-state index in [1.807, 2.05) is 37.4 Å². The van der Waals surface area contributed by atoms with Gasteiger partial charge in [-0.1, -0.05) is 44.2 Å². The smallest absolute Gasteiger partial charge is 0.277 e. The molecule has 0 fully saturated rings. The fourth-order valence-electron chi connectivity index (χ4n) is 3.36. The maximum absolute atomic E-state index is 13.2. The molecule has 0 spiro atoms. The molecule has 3 N–H and O–H groups in total. The number of anilines is 1. The predicted molar refractivity (Wildman–Crippen MR) is 113 cm³/mol. The van der Waals surface area contributed by atoms with Gasteiger partial charge in [0.2, 0.25) is 5.91 Å². The molecule has 5 nitrogen and oxygen atoms in total. The van der Waals surface area contributed by atoms with Crippen molar-refractivity contribution in [3.63, 3.8) is 0 Å². The molecule has 1 atom stereocenters. The van der Waals surface area contributed by atoms with E-state index in [9.17, 15) is 14.0 Å². The first-order valence-electron chi connectivity index (χ1n) is 9.88. The predicted octanol–water partition coefficient (Wildman–Crippen LogP) is 2.80. The molecule has 2 amide bonds. The van der Waals surface area contributed by atoms with Crippen LogP contribution in [0.3, 0.4) is 0 Å². The Labute approximate surface area is 172 Å². The average molecular weight is 401 g/mol. The van der Waals surface area contributed by atoms with Crippen LogP contribution in [0, 0.1) is 25.6 Å². The first-order chi connectivity index (χ1) is 13.7. The van der Waals surface area contributed by atoms with E-state index in [0.717, 1.165) is 22.4 Å². The summed E-state index contributed by atoms with van der Waals surface area (Å²) in [5.74, 6) is -0.362. The molecule has 29 heavy (non-hydrogen) atoms. The number of nitrogens with zero attached hydrogens (tertiary/aromatic N) is 1. The molecule has 0 bridgehead atoms. The number of rotatable bonds is 8. The first kappa shape index (κ1) is 22.6. The molecule has 0 aliphatic heterocycles. The molecule has 2 aromatic carbocycles. The van der Waals surface area contributed by atoms with Gasteiger partial charge in [0.15, 0.2) is 6.54 Å². The van der Waals surface area contributed by atoms with Crippen LogP contribution >= 0.6 is 0 Å². The summed E-state index contributed by atoms with van der Waals surface area (Å²) >= 11 is 0. The molecule has 0 saturated heterocycles. The van der Waals surface area contributed by atoms with Crippen molar-refractivity contribution in [2.75, 3.05) is 25.5 Å². The van der Waals surface area contributed by atoms with Gasteiger partial charge in [0.25, 0.3) is 5.91 Å². The fourth-order valence-corrected chi connectivity index (χ4v) is 3.36. The number of halogens is 1. The number of para-hydroxylation sites is 1. The van der Waals surface area contributed by atoms with Gasteiger partial charge in [0.1, 0.15) is 11.9 Å². The van der Waals surface area contributed by atoms with Crippen LogP contribution in [-0.2, 0) is 9.59 Å². The summed E-state index contributed by atoms with van der Waals surface area (Å²) in [6.07, 6.45) is 0. The topological polar surface area (TPSA) is 66.0 Å². The van der Waals surface area contributed by atoms with Crippen molar-refractivity contribution in [3.05, 3.63) is 65.0 Å². The summed E-state index contributed by atoms with van der Waals surface area (Å²) in [6, 6.07) is 12.2. The van der Waals surface area contributed by atoms with Crippen LogP contribution in [-0.4, -0.2) is 36.9 Å². The lowest BCUT2D eigenvalue weighted by Gasteiger charge is -2.22. The third-order valence-electron chi connectivity index (χ3n) is 5.07. The van der Waals surface area contributed by atoms with Gasteiger partial charge in [-0.2, -0.15) is 0 Å². The van der Waals surface area contributed by atoms with E-state index < -0.39 is 0 Å². The number of quaternary nitrogens is 1. The Morgan fingerprint density at radius 3 is 2.21 bits per heavy atom. The number of amides is 2. The van der Waals surface area contributed by atoms with Crippen molar-refractivity contribution < 1.29 is 19.3 Å². The lowest BCUT2D eigenvalue weighted by atomic mass is 9.96. The molecule has 0 aliphatic rings. The number of hydrogen-bond donors (Lipinski definition) is 2. The fraction of sp³-hybridized carbons (Fsp3) is 0.391. The van der Waals surface area contributed by atoms with E-state index in [-0.39, 0.29) is 42.7 Å². The Morgan fingerprint density at radius 1 is 1.07 bits per heavy atom. The molecule has 0 aromatic heterocycles. The standard InChI is InChI=1S/C23H30FN3O2/c1-15(2)22(18-9-11-19(24)12-10-18)25-13-21(29)27(5)14-20(28)26-23-16(3)7-6-8-17(23)4/h6-12,15,22,25H,13-14H2,1-5H3,(H,26,28)/p+1/t22-/m0/s1. The minimum atomic E-state index is -0.276. The van der Waals surface area contributed by atoms with Gasteiger partial charge in [-0.05, 0) is 37.1 Å². The second kappa shape index (κ2) is 10.2. The second-order valence-electron chi connectivity index (χ2n) is 7.83. The van der Waals surface area contributed by atoms with E-state index in [1.165, 1.54) is 17.0 Å². The first-order valence-corrected chi connectivity index (χ1v) is 9.88. The Kier molecular flexibility index (Phi) is 7.91. The maximum atomic E-state index is 13.2. The number of carbonyl (C=O) groups is 2. The van der Waals surface area contributed by atoms with E-state index in [2.05, 4.69) is 19.2 Å². The Balaban J connectivity index is 1.92. The highest BCUT2D eigenvalue weighted by Crippen LogP contribution is 2.19. The monoisotopic (exact) mass is 400 g/mol. The van der Waals surface area contributed by atoms with Gasteiger partial charge in [-0.15, -0.1) is 0 Å². The maximum Gasteiger partial charge on any atom is 0.277 e. The SMILES string of the molecule is Cc1cccc(C)c1NC(=O)CN(C)C(=O)C[NH2+][C@H](c1ccc(F)cc1)C(C)C. The van der Waals surface area contributed by atoms with Gasteiger partial charge >= 0.3 is 0 Å². The van der Waals surface area contributed by atoms with Crippen LogP contribution in [0.4, 0.5) is 10.1 Å². The molecular weight excluding hydrogens is 369 g/mol. The molecule has 2 aromatic rings. The minimum absolute atomic E-state index is 0.0106. The summed E-state index contributed by atoms with van der Waals surface area (Å²) in [7, 11) is 1.63. The van der Waals surface area contributed by atoms with Gasteiger partial charge in [0.05, 0.1) is 6.54 Å². The molecule has 0 saturated carbocycles. The molecule has 6 heteroatoms. The number of benzene rings is 2. The van der Waals surface area contributed by atoms with E-state index >= 15 is 0 Å². The van der Waals surface area contributed by atoms with Crippen LogP contribution in [0.5, 0.6) is 0 Å². The zero-order chi connectivity index (χ0) is 21.6. The van der Waals surface area contributed by atoms with Crippen molar-refractivity contribution in [3.8, 4) is 0 Å². The van der Waals surface area contributed by atoms with Gasteiger partial charge in [-0.25, -0.2) is 4.39 Å². The summed E-state index contributed by atoms with van der Waals surface area (Å²) in [5, 5.41) is 4.84. The van der Waals surface area contributed by atoms with Crippen LogP contribution in [0.1, 0.15) is 36.6 Å². The molecule has 2 rings (SSSR count). The number of aryl methyl sites for hydroxylation is 2. The highest BCUT2D eigenvalue weighted by atomic mass is 19.1. The normalized spacial score (nSPS) is 12.0. The Bertz CT molecular complexity index is 829. The average Bonchev–Trinajstić information content (AvgIpc) is 2.66. The Hall–Kier alpha value is -2.73. The molecule has 0 heterocycles. The number of carbonyl (C=O) groups excluding carboxylic acids is 2. The second-order valence-corrected chi connectivity index (χ2v) is 7.83. The van der Waals surface area contributed by atoms with Crippen molar-refractivity contribution in [2.45, 2.75) is 33.7 Å².